The zero-order valence-corrected chi connectivity index (χ0v) is 17.7. The fraction of sp³-hybridized carbons (Fsp3) is 0.0500. The van der Waals surface area contributed by atoms with Gasteiger partial charge in [0.2, 0.25) is 5.78 Å². The van der Waals surface area contributed by atoms with E-state index in [1.165, 1.54) is 36.4 Å². The molecule has 0 saturated carbocycles. The fourth-order valence-electron chi connectivity index (χ4n) is 2.60. The first kappa shape index (κ1) is 23.3. The molecular formula is C20H8F5N5OPt. The number of carbonyl (C=O) groups excluding carboxylic acids is 1. The maximum atomic E-state index is 13.9. The Balaban J connectivity index is 0.00000289. The Labute approximate surface area is 191 Å². The summed E-state index contributed by atoms with van der Waals surface area (Å²) in [5.41, 5.74) is -1.67. The molecule has 0 bridgehead atoms. The van der Waals surface area contributed by atoms with Gasteiger partial charge in [0.15, 0.2) is 0 Å². The van der Waals surface area contributed by atoms with Gasteiger partial charge in [0, 0.05) is 0 Å². The number of halogens is 5. The van der Waals surface area contributed by atoms with Crippen molar-refractivity contribution in [3.8, 4) is 17.1 Å². The van der Waals surface area contributed by atoms with Gasteiger partial charge in [-0.15, -0.1) is 12.1 Å². The summed E-state index contributed by atoms with van der Waals surface area (Å²) < 4.78 is 65.9. The number of ketones is 1. The minimum Gasteiger partial charge on any atom is -0.343 e. The summed E-state index contributed by atoms with van der Waals surface area (Å²) in [5.74, 6) is -2.95. The summed E-state index contributed by atoms with van der Waals surface area (Å²) in [6.45, 7) is 0. The van der Waals surface area contributed by atoms with Crippen molar-refractivity contribution in [1.29, 1.82) is 0 Å². The SMILES string of the molecule is O=C(c1cccc(-c2[c-]cc(F)nc2F)n1)c1cccc(-n2[c-]cc(C(F)(F)F)n2)n1.[Pt+2]. The summed E-state index contributed by atoms with van der Waals surface area (Å²) in [7, 11) is 0. The predicted molar refractivity (Wildman–Crippen MR) is 94.8 cm³/mol. The number of nitrogens with zero attached hydrogens (tertiary/aromatic N) is 5. The Morgan fingerprint density at radius 1 is 0.938 bits per heavy atom. The van der Waals surface area contributed by atoms with Crippen LogP contribution in [0.1, 0.15) is 21.9 Å². The molecule has 32 heavy (non-hydrogen) atoms. The Kier molecular flexibility index (Phi) is 6.59. The molecule has 0 fully saturated rings. The van der Waals surface area contributed by atoms with E-state index in [9.17, 15) is 26.7 Å². The van der Waals surface area contributed by atoms with E-state index in [1.807, 2.05) is 0 Å². The van der Waals surface area contributed by atoms with Crippen molar-refractivity contribution < 1.29 is 47.8 Å². The van der Waals surface area contributed by atoms with Gasteiger partial charge in [0.1, 0.15) is 23.3 Å². The number of pyridine rings is 3. The maximum Gasteiger partial charge on any atom is 2.00 e. The van der Waals surface area contributed by atoms with Crippen molar-refractivity contribution in [2.75, 3.05) is 0 Å². The quantitative estimate of drug-likeness (QED) is 0.149. The largest absolute Gasteiger partial charge is 2.00 e. The molecule has 0 atom stereocenters. The number of carbonyl (C=O) groups is 1. The molecule has 6 nitrogen and oxygen atoms in total. The minimum atomic E-state index is -4.65. The van der Waals surface area contributed by atoms with Crippen LogP contribution in [0.3, 0.4) is 0 Å². The molecule has 4 aromatic heterocycles. The van der Waals surface area contributed by atoms with Crippen LogP contribution in [-0.4, -0.2) is 30.5 Å². The van der Waals surface area contributed by atoms with Gasteiger partial charge in [-0.25, -0.2) is 8.78 Å². The van der Waals surface area contributed by atoms with Crippen molar-refractivity contribution in [1.82, 2.24) is 24.7 Å². The molecule has 4 rings (SSSR count). The smallest absolute Gasteiger partial charge is 0.343 e. The molecule has 0 aliphatic rings. The van der Waals surface area contributed by atoms with Crippen molar-refractivity contribution in [3.63, 3.8) is 0 Å². The average molecular weight is 624 g/mol. The average Bonchev–Trinajstić information content (AvgIpc) is 3.24. The standard InChI is InChI=1S/C20H8F5N5O.Pt/c21-16-8-7-11(19(22)28-16)12-3-1-4-13(26-12)18(31)14-5-2-6-17(27-14)30-10-9-15(29-30)20(23,24)25;/h1-6,8-9H;/q-2;+2. The molecule has 0 amide bonds. The van der Waals surface area contributed by atoms with Crippen molar-refractivity contribution in [2.24, 2.45) is 0 Å². The molecule has 4 aromatic rings. The van der Waals surface area contributed by atoms with E-state index in [4.69, 9.17) is 0 Å². The van der Waals surface area contributed by atoms with Crippen molar-refractivity contribution in [3.05, 3.63) is 89.8 Å². The predicted octanol–water partition coefficient (Wildman–Crippen LogP) is 3.85. The van der Waals surface area contributed by atoms with Gasteiger partial charge < -0.3 is 4.68 Å². The topological polar surface area (TPSA) is 73.6 Å². The molecule has 0 radical (unpaired) electrons. The molecule has 0 saturated heterocycles. The first-order chi connectivity index (χ1) is 14.7. The molecule has 0 unspecified atom stereocenters. The van der Waals surface area contributed by atoms with Gasteiger partial charge in [0.25, 0.3) is 0 Å². The Morgan fingerprint density at radius 2 is 1.62 bits per heavy atom. The van der Waals surface area contributed by atoms with Crippen LogP contribution in [0.5, 0.6) is 0 Å². The minimum absolute atomic E-state index is 0. The van der Waals surface area contributed by atoms with Gasteiger partial charge in [-0.1, -0.05) is 42.1 Å². The third-order valence-electron chi connectivity index (χ3n) is 3.99. The normalized spacial score (nSPS) is 11.2. The Hall–Kier alpha value is -3.33. The van der Waals surface area contributed by atoms with Crippen LogP contribution in [0.4, 0.5) is 22.0 Å². The number of rotatable bonds is 4. The van der Waals surface area contributed by atoms with Crippen LogP contribution in [0, 0.1) is 24.2 Å². The molecular weight excluding hydrogens is 616 g/mol. The van der Waals surface area contributed by atoms with Crippen LogP contribution in [0.15, 0.2) is 48.5 Å². The first-order valence-electron chi connectivity index (χ1n) is 8.50. The Morgan fingerprint density at radius 3 is 2.28 bits per heavy atom. The Bertz CT molecular complexity index is 1290. The van der Waals surface area contributed by atoms with E-state index < -0.39 is 29.5 Å². The zero-order valence-electron chi connectivity index (χ0n) is 15.5. The maximum absolute atomic E-state index is 13.9. The van der Waals surface area contributed by atoms with E-state index in [0.29, 0.717) is 6.07 Å². The number of hydrogen-bond acceptors (Lipinski definition) is 5. The second-order valence-corrected chi connectivity index (χ2v) is 6.08. The van der Waals surface area contributed by atoms with Gasteiger partial charge in [0.05, 0.1) is 11.5 Å². The summed E-state index contributed by atoms with van der Waals surface area (Å²) >= 11 is 0. The zero-order chi connectivity index (χ0) is 22.2. The van der Waals surface area contributed by atoms with E-state index in [2.05, 4.69) is 32.3 Å². The van der Waals surface area contributed by atoms with Crippen molar-refractivity contribution >= 4 is 5.78 Å². The van der Waals surface area contributed by atoms with Crippen LogP contribution in [0.25, 0.3) is 17.1 Å². The molecule has 12 heteroatoms. The summed E-state index contributed by atoms with van der Waals surface area (Å²) in [5, 5.41) is 3.36. The van der Waals surface area contributed by atoms with Crippen LogP contribution < -0.4 is 0 Å². The molecule has 164 valence electrons. The number of alkyl halides is 3. The van der Waals surface area contributed by atoms with E-state index >= 15 is 0 Å². The first-order valence-corrected chi connectivity index (χ1v) is 8.50. The summed E-state index contributed by atoms with van der Waals surface area (Å²) in [6, 6.07) is 12.1. The van der Waals surface area contributed by atoms with Gasteiger partial charge in [-0.2, -0.15) is 13.2 Å². The summed E-state index contributed by atoms with van der Waals surface area (Å²) in [6.07, 6.45) is -2.36. The van der Waals surface area contributed by atoms with E-state index in [1.54, 1.807) is 0 Å². The second-order valence-electron chi connectivity index (χ2n) is 6.08. The number of hydrogen-bond donors (Lipinski definition) is 0. The second kappa shape index (κ2) is 9.04. The van der Waals surface area contributed by atoms with Crippen molar-refractivity contribution in [2.45, 2.75) is 6.18 Å². The third kappa shape index (κ3) is 4.77. The molecule has 0 N–H and O–H groups in total. The van der Waals surface area contributed by atoms with Gasteiger partial charge in [-0.3, -0.25) is 24.8 Å². The summed E-state index contributed by atoms with van der Waals surface area (Å²) in [4.78, 5) is 23.9. The molecule has 4 heterocycles. The molecule has 0 aliphatic heterocycles. The fourth-order valence-corrected chi connectivity index (χ4v) is 2.60. The van der Waals surface area contributed by atoms with E-state index in [-0.39, 0.29) is 49.5 Å². The van der Waals surface area contributed by atoms with Crippen LogP contribution >= 0.6 is 0 Å². The van der Waals surface area contributed by atoms with Crippen LogP contribution in [0.2, 0.25) is 0 Å². The van der Waals surface area contributed by atoms with E-state index in [0.717, 1.165) is 10.7 Å². The molecule has 0 spiro atoms. The number of aromatic nitrogens is 5. The monoisotopic (exact) mass is 624 g/mol. The van der Waals surface area contributed by atoms with Gasteiger partial charge >= 0.3 is 27.2 Å². The molecule has 0 aliphatic carbocycles. The van der Waals surface area contributed by atoms with Crippen LogP contribution in [-0.2, 0) is 27.2 Å². The molecule has 0 aromatic carbocycles. The van der Waals surface area contributed by atoms with Gasteiger partial charge in [-0.05, 0) is 17.8 Å². The third-order valence-corrected chi connectivity index (χ3v) is 3.99.